The predicted molar refractivity (Wildman–Crippen MR) is 107 cm³/mol. The van der Waals surface area contributed by atoms with Gasteiger partial charge in [-0.1, -0.05) is 24.3 Å². The van der Waals surface area contributed by atoms with Crippen molar-refractivity contribution in [3.8, 4) is 5.75 Å². The molecule has 27 heavy (non-hydrogen) atoms. The standard InChI is InChI=1S/C22H26N2O3/c1-16-6-4-9-21(17(16)2)23-10-12-24(13-11-23)22(26)15-27-20-8-5-7-19(14-20)18(3)25/h4-9,14H,10-13,15H2,1-3H3. The van der Waals surface area contributed by atoms with E-state index in [4.69, 9.17) is 4.74 Å². The van der Waals surface area contributed by atoms with Gasteiger partial charge >= 0.3 is 0 Å². The molecule has 0 atom stereocenters. The van der Waals surface area contributed by atoms with Crippen molar-refractivity contribution in [1.82, 2.24) is 4.90 Å². The van der Waals surface area contributed by atoms with Crippen molar-refractivity contribution in [1.29, 1.82) is 0 Å². The third-order valence-electron chi connectivity index (χ3n) is 5.15. The quantitative estimate of drug-likeness (QED) is 0.763. The Kier molecular flexibility index (Phi) is 5.79. The molecule has 1 saturated heterocycles. The number of Topliss-reactive ketones (excluding diaryl/α,β-unsaturated/α-hetero) is 1. The highest BCUT2D eigenvalue weighted by Crippen LogP contribution is 2.24. The predicted octanol–water partition coefficient (Wildman–Crippen LogP) is 3.23. The Morgan fingerprint density at radius 2 is 1.70 bits per heavy atom. The second-order valence-electron chi connectivity index (χ2n) is 6.96. The third-order valence-corrected chi connectivity index (χ3v) is 5.15. The molecule has 3 rings (SSSR count). The maximum absolute atomic E-state index is 12.5. The molecule has 1 fully saturated rings. The Balaban J connectivity index is 1.53. The van der Waals surface area contributed by atoms with Crippen molar-refractivity contribution < 1.29 is 14.3 Å². The van der Waals surface area contributed by atoms with Crippen molar-refractivity contribution in [2.45, 2.75) is 20.8 Å². The SMILES string of the molecule is CC(=O)c1cccc(OCC(=O)N2CCN(c3cccc(C)c3C)CC2)c1. The van der Waals surface area contributed by atoms with Crippen molar-refractivity contribution in [2.24, 2.45) is 0 Å². The summed E-state index contributed by atoms with van der Waals surface area (Å²) in [5.74, 6) is 0.503. The van der Waals surface area contributed by atoms with E-state index in [0.29, 0.717) is 24.4 Å². The van der Waals surface area contributed by atoms with Gasteiger partial charge in [-0.15, -0.1) is 0 Å². The number of hydrogen-bond acceptors (Lipinski definition) is 4. The number of ketones is 1. The average Bonchev–Trinajstić information content (AvgIpc) is 2.68. The van der Waals surface area contributed by atoms with Gasteiger partial charge in [0, 0.05) is 37.4 Å². The van der Waals surface area contributed by atoms with E-state index in [0.717, 1.165) is 13.1 Å². The minimum Gasteiger partial charge on any atom is -0.484 e. The fourth-order valence-electron chi connectivity index (χ4n) is 3.32. The molecule has 1 heterocycles. The van der Waals surface area contributed by atoms with Crippen LogP contribution in [0.4, 0.5) is 5.69 Å². The topological polar surface area (TPSA) is 49.9 Å². The summed E-state index contributed by atoms with van der Waals surface area (Å²) in [4.78, 5) is 28.1. The van der Waals surface area contributed by atoms with E-state index >= 15 is 0 Å². The lowest BCUT2D eigenvalue weighted by Gasteiger charge is -2.37. The zero-order valence-corrected chi connectivity index (χ0v) is 16.2. The van der Waals surface area contributed by atoms with Crippen molar-refractivity contribution in [3.05, 3.63) is 59.2 Å². The van der Waals surface area contributed by atoms with Gasteiger partial charge in [0.1, 0.15) is 5.75 Å². The molecule has 0 saturated carbocycles. The number of ether oxygens (including phenoxy) is 1. The number of nitrogens with zero attached hydrogens (tertiary/aromatic N) is 2. The van der Waals surface area contributed by atoms with Crippen LogP contribution in [0.25, 0.3) is 0 Å². The molecule has 0 unspecified atom stereocenters. The Morgan fingerprint density at radius 1 is 1.00 bits per heavy atom. The highest BCUT2D eigenvalue weighted by molar-refractivity contribution is 5.94. The van der Waals surface area contributed by atoms with E-state index in [1.165, 1.54) is 23.7 Å². The maximum atomic E-state index is 12.5. The molecule has 2 aromatic carbocycles. The molecule has 5 heteroatoms. The monoisotopic (exact) mass is 366 g/mol. The van der Waals surface area contributed by atoms with Gasteiger partial charge in [0.25, 0.3) is 5.91 Å². The molecule has 0 aromatic heterocycles. The Bertz CT molecular complexity index is 839. The Morgan fingerprint density at radius 3 is 2.41 bits per heavy atom. The van der Waals surface area contributed by atoms with E-state index in [1.54, 1.807) is 24.3 Å². The number of rotatable bonds is 5. The summed E-state index contributed by atoms with van der Waals surface area (Å²) in [7, 11) is 0. The minimum absolute atomic E-state index is 0.00910. The molecule has 142 valence electrons. The molecule has 1 amide bonds. The van der Waals surface area contributed by atoms with Gasteiger partial charge in [-0.25, -0.2) is 0 Å². The Labute approximate surface area is 160 Å². The lowest BCUT2D eigenvalue weighted by Crippen LogP contribution is -2.50. The highest BCUT2D eigenvalue weighted by atomic mass is 16.5. The van der Waals surface area contributed by atoms with Crippen LogP contribution in [-0.4, -0.2) is 49.4 Å². The number of benzene rings is 2. The van der Waals surface area contributed by atoms with Crippen molar-refractivity contribution in [3.63, 3.8) is 0 Å². The molecule has 5 nitrogen and oxygen atoms in total. The van der Waals surface area contributed by atoms with E-state index in [1.807, 2.05) is 4.90 Å². The van der Waals surface area contributed by atoms with Crippen molar-refractivity contribution >= 4 is 17.4 Å². The largest absolute Gasteiger partial charge is 0.484 e. The lowest BCUT2D eigenvalue weighted by molar-refractivity contribution is -0.133. The molecule has 0 N–H and O–H groups in total. The minimum atomic E-state index is -0.0242. The van der Waals surface area contributed by atoms with Crippen LogP contribution in [0.5, 0.6) is 5.75 Å². The summed E-state index contributed by atoms with van der Waals surface area (Å²) in [6, 6.07) is 13.3. The van der Waals surface area contributed by atoms with E-state index in [-0.39, 0.29) is 18.3 Å². The van der Waals surface area contributed by atoms with Gasteiger partial charge in [-0.3, -0.25) is 9.59 Å². The van der Waals surface area contributed by atoms with Gasteiger partial charge in [-0.2, -0.15) is 0 Å². The maximum Gasteiger partial charge on any atom is 0.260 e. The average molecular weight is 366 g/mol. The normalized spacial score (nSPS) is 14.2. The molecule has 0 aliphatic carbocycles. The number of aryl methyl sites for hydroxylation is 1. The zero-order valence-electron chi connectivity index (χ0n) is 16.2. The van der Waals surface area contributed by atoms with E-state index in [9.17, 15) is 9.59 Å². The number of amides is 1. The second kappa shape index (κ2) is 8.25. The number of carbonyl (C=O) groups is 2. The van der Waals surface area contributed by atoms with Crippen LogP contribution in [0.3, 0.4) is 0 Å². The fraction of sp³-hybridized carbons (Fsp3) is 0.364. The number of carbonyl (C=O) groups excluding carboxylic acids is 2. The number of hydrogen-bond donors (Lipinski definition) is 0. The van der Waals surface area contributed by atoms with Crippen LogP contribution in [-0.2, 0) is 4.79 Å². The van der Waals surface area contributed by atoms with Gasteiger partial charge in [0.15, 0.2) is 12.4 Å². The van der Waals surface area contributed by atoms with Crippen molar-refractivity contribution in [2.75, 3.05) is 37.7 Å². The molecule has 0 spiro atoms. The van der Waals surface area contributed by atoms with Crippen LogP contribution in [0.2, 0.25) is 0 Å². The summed E-state index contributed by atoms with van der Waals surface area (Å²) in [5, 5.41) is 0. The number of anilines is 1. The summed E-state index contributed by atoms with van der Waals surface area (Å²) in [6.45, 7) is 8.77. The second-order valence-corrected chi connectivity index (χ2v) is 6.96. The molecule has 2 aromatic rings. The van der Waals surface area contributed by atoms with Gasteiger partial charge in [0.05, 0.1) is 0 Å². The molecule has 0 radical (unpaired) electrons. The van der Waals surface area contributed by atoms with E-state index in [2.05, 4.69) is 36.9 Å². The summed E-state index contributed by atoms with van der Waals surface area (Å²) >= 11 is 0. The molecular weight excluding hydrogens is 340 g/mol. The molecular formula is C22H26N2O3. The van der Waals surface area contributed by atoms with Crippen LogP contribution in [0, 0.1) is 13.8 Å². The van der Waals surface area contributed by atoms with Crippen LogP contribution in [0.1, 0.15) is 28.4 Å². The van der Waals surface area contributed by atoms with E-state index < -0.39 is 0 Å². The van der Waals surface area contributed by atoms with Crippen LogP contribution in [0.15, 0.2) is 42.5 Å². The smallest absolute Gasteiger partial charge is 0.260 e. The van der Waals surface area contributed by atoms with Crippen LogP contribution >= 0.6 is 0 Å². The first-order valence-electron chi connectivity index (χ1n) is 9.28. The summed E-state index contributed by atoms with van der Waals surface area (Å²) in [5.41, 5.74) is 4.42. The first-order chi connectivity index (χ1) is 13.0. The number of piperazine rings is 1. The highest BCUT2D eigenvalue weighted by Gasteiger charge is 2.22. The van der Waals surface area contributed by atoms with Gasteiger partial charge < -0.3 is 14.5 Å². The lowest BCUT2D eigenvalue weighted by atomic mass is 10.1. The molecule has 0 bridgehead atoms. The third kappa shape index (κ3) is 4.48. The summed E-state index contributed by atoms with van der Waals surface area (Å²) in [6.07, 6.45) is 0. The van der Waals surface area contributed by atoms with Gasteiger partial charge in [0.2, 0.25) is 0 Å². The fourth-order valence-corrected chi connectivity index (χ4v) is 3.32. The Hall–Kier alpha value is -2.82. The molecule has 1 aliphatic rings. The van der Waals surface area contributed by atoms with Crippen LogP contribution < -0.4 is 9.64 Å². The van der Waals surface area contributed by atoms with Gasteiger partial charge in [-0.05, 0) is 50.1 Å². The molecule has 1 aliphatic heterocycles. The zero-order chi connectivity index (χ0) is 19.4. The summed E-state index contributed by atoms with van der Waals surface area (Å²) < 4.78 is 5.60. The first kappa shape index (κ1) is 19.0. The first-order valence-corrected chi connectivity index (χ1v) is 9.28.